The van der Waals surface area contributed by atoms with Crippen molar-refractivity contribution >= 4 is 10.0 Å². The quantitative estimate of drug-likeness (QED) is 0.878. The highest BCUT2D eigenvalue weighted by Crippen LogP contribution is 2.18. The minimum absolute atomic E-state index is 0.0189. The number of rotatable bonds is 6. The lowest BCUT2D eigenvalue weighted by atomic mass is 10.2. The molecular formula is C16H17F2NO3S. The van der Waals surface area contributed by atoms with E-state index in [-0.39, 0.29) is 23.1 Å². The summed E-state index contributed by atoms with van der Waals surface area (Å²) in [5, 5.41) is 0. The van der Waals surface area contributed by atoms with Crippen LogP contribution in [0.1, 0.15) is 19.4 Å². The second kappa shape index (κ2) is 7.06. The van der Waals surface area contributed by atoms with Crippen molar-refractivity contribution in [1.82, 2.24) is 4.72 Å². The number of hydrogen-bond donors (Lipinski definition) is 1. The average molecular weight is 341 g/mol. The van der Waals surface area contributed by atoms with Gasteiger partial charge in [-0.25, -0.2) is 21.9 Å². The molecule has 0 atom stereocenters. The number of ether oxygens (including phenoxy) is 1. The predicted molar refractivity (Wildman–Crippen MR) is 82.6 cm³/mol. The van der Waals surface area contributed by atoms with Gasteiger partial charge in [-0.1, -0.05) is 0 Å². The fourth-order valence-electron chi connectivity index (χ4n) is 1.90. The molecule has 7 heteroatoms. The van der Waals surface area contributed by atoms with E-state index in [1.54, 1.807) is 0 Å². The summed E-state index contributed by atoms with van der Waals surface area (Å²) >= 11 is 0. The van der Waals surface area contributed by atoms with Crippen molar-refractivity contribution in [3.8, 4) is 5.75 Å². The van der Waals surface area contributed by atoms with Crippen molar-refractivity contribution in [2.24, 2.45) is 0 Å². The van der Waals surface area contributed by atoms with E-state index in [2.05, 4.69) is 4.72 Å². The highest BCUT2D eigenvalue weighted by molar-refractivity contribution is 7.89. The van der Waals surface area contributed by atoms with Crippen LogP contribution < -0.4 is 9.46 Å². The van der Waals surface area contributed by atoms with Gasteiger partial charge >= 0.3 is 0 Å². The van der Waals surface area contributed by atoms with Crippen LogP contribution in [0.2, 0.25) is 0 Å². The molecule has 0 amide bonds. The fraction of sp³-hybridized carbons (Fsp3) is 0.250. The lowest BCUT2D eigenvalue weighted by Gasteiger charge is -2.11. The first-order chi connectivity index (χ1) is 10.8. The molecule has 0 saturated heterocycles. The monoisotopic (exact) mass is 341 g/mol. The largest absolute Gasteiger partial charge is 0.491 e. The molecule has 1 N–H and O–H groups in total. The lowest BCUT2D eigenvalue weighted by molar-refractivity contribution is 0.242. The van der Waals surface area contributed by atoms with Gasteiger partial charge < -0.3 is 4.74 Å². The Morgan fingerprint density at radius 3 is 2.35 bits per heavy atom. The van der Waals surface area contributed by atoms with Gasteiger partial charge in [0.15, 0.2) is 0 Å². The van der Waals surface area contributed by atoms with Crippen LogP contribution in [0.3, 0.4) is 0 Å². The Balaban J connectivity index is 2.11. The molecule has 0 radical (unpaired) electrons. The Morgan fingerprint density at radius 1 is 1.09 bits per heavy atom. The zero-order valence-electron chi connectivity index (χ0n) is 12.7. The van der Waals surface area contributed by atoms with E-state index < -0.39 is 21.7 Å². The van der Waals surface area contributed by atoms with Crippen LogP contribution in [0, 0.1) is 11.6 Å². The van der Waals surface area contributed by atoms with Gasteiger partial charge in [-0.05, 0) is 56.3 Å². The molecule has 0 spiro atoms. The van der Waals surface area contributed by atoms with Crippen LogP contribution in [0.5, 0.6) is 5.75 Å². The summed E-state index contributed by atoms with van der Waals surface area (Å²) in [5.74, 6) is -0.749. The molecule has 0 aliphatic carbocycles. The molecule has 0 aliphatic heterocycles. The minimum atomic E-state index is -3.83. The zero-order chi connectivity index (χ0) is 17.0. The summed E-state index contributed by atoms with van der Waals surface area (Å²) in [6.07, 6.45) is -0.0217. The van der Waals surface area contributed by atoms with Crippen molar-refractivity contribution in [1.29, 1.82) is 0 Å². The molecule has 23 heavy (non-hydrogen) atoms. The van der Waals surface area contributed by atoms with Crippen molar-refractivity contribution < 1.29 is 21.9 Å². The number of halogens is 2. The Bertz CT molecular complexity index is 774. The summed E-state index contributed by atoms with van der Waals surface area (Å²) in [5.41, 5.74) is -0.0617. The topological polar surface area (TPSA) is 55.4 Å². The smallest absolute Gasteiger partial charge is 0.240 e. The number of hydrogen-bond acceptors (Lipinski definition) is 3. The summed E-state index contributed by atoms with van der Waals surface area (Å²) < 4.78 is 58.6. The molecule has 2 aromatic carbocycles. The number of nitrogens with one attached hydrogen (secondary N) is 1. The summed E-state index contributed by atoms with van der Waals surface area (Å²) in [6.45, 7) is 3.38. The van der Waals surface area contributed by atoms with E-state index in [1.165, 1.54) is 24.3 Å². The molecule has 0 bridgehead atoms. The lowest BCUT2D eigenvalue weighted by Crippen LogP contribution is -2.23. The van der Waals surface area contributed by atoms with Crippen LogP contribution >= 0.6 is 0 Å². The van der Waals surface area contributed by atoms with E-state index in [4.69, 9.17) is 4.74 Å². The Morgan fingerprint density at radius 2 is 1.74 bits per heavy atom. The minimum Gasteiger partial charge on any atom is -0.491 e. The first kappa shape index (κ1) is 17.4. The second-order valence-corrected chi connectivity index (χ2v) is 6.97. The number of sulfonamides is 1. The highest BCUT2D eigenvalue weighted by Gasteiger charge is 2.15. The normalized spacial score (nSPS) is 11.7. The SMILES string of the molecule is CC(C)Oc1ccc(S(=O)(=O)NCc2cc(F)ccc2F)cc1. The Kier molecular flexibility index (Phi) is 5.33. The molecule has 0 unspecified atom stereocenters. The maximum absolute atomic E-state index is 13.5. The van der Waals surface area contributed by atoms with Gasteiger partial charge in [-0.3, -0.25) is 0 Å². The van der Waals surface area contributed by atoms with Gasteiger partial charge in [0.1, 0.15) is 17.4 Å². The van der Waals surface area contributed by atoms with Crippen molar-refractivity contribution in [3.63, 3.8) is 0 Å². The van der Waals surface area contributed by atoms with Crippen molar-refractivity contribution in [2.75, 3.05) is 0 Å². The van der Waals surface area contributed by atoms with E-state index in [1.807, 2.05) is 13.8 Å². The third-order valence-corrected chi connectivity index (χ3v) is 4.38. The molecule has 124 valence electrons. The Labute approximate surface area is 134 Å². The van der Waals surface area contributed by atoms with Gasteiger partial charge in [0.05, 0.1) is 11.0 Å². The molecule has 4 nitrogen and oxygen atoms in total. The van der Waals surface area contributed by atoms with Gasteiger partial charge in [0.25, 0.3) is 0 Å². The van der Waals surface area contributed by atoms with E-state index in [9.17, 15) is 17.2 Å². The highest BCUT2D eigenvalue weighted by atomic mass is 32.2. The van der Waals surface area contributed by atoms with Crippen molar-refractivity contribution in [2.45, 2.75) is 31.4 Å². The average Bonchev–Trinajstić information content (AvgIpc) is 2.48. The van der Waals surface area contributed by atoms with Gasteiger partial charge in [0.2, 0.25) is 10.0 Å². The molecule has 2 rings (SSSR count). The van der Waals surface area contributed by atoms with E-state index in [0.29, 0.717) is 5.75 Å². The molecule has 2 aromatic rings. The summed E-state index contributed by atoms with van der Waals surface area (Å²) in [6, 6.07) is 8.74. The van der Waals surface area contributed by atoms with Gasteiger partial charge in [-0.2, -0.15) is 0 Å². The van der Waals surface area contributed by atoms with Crippen LogP contribution in [0.4, 0.5) is 8.78 Å². The Hall–Kier alpha value is -1.99. The van der Waals surface area contributed by atoms with Gasteiger partial charge in [0, 0.05) is 12.1 Å². The molecule has 0 heterocycles. The molecular weight excluding hydrogens is 324 g/mol. The molecule has 0 saturated carbocycles. The maximum atomic E-state index is 13.5. The molecule has 0 aliphatic rings. The molecule has 0 fully saturated rings. The van der Waals surface area contributed by atoms with Gasteiger partial charge in [-0.15, -0.1) is 0 Å². The van der Waals surface area contributed by atoms with Crippen molar-refractivity contribution in [3.05, 3.63) is 59.7 Å². The second-order valence-electron chi connectivity index (χ2n) is 5.20. The van der Waals surface area contributed by atoms with E-state index in [0.717, 1.165) is 18.2 Å². The predicted octanol–water partition coefficient (Wildman–Crippen LogP) is 3.23. The van der Waals surface area contributed by atoms with Crippen LogP contribution in [0.15, 0.2) is 47.4 Å². The maximum Gasteiger partial charge on any atom is 0.240 e. The summed E-state index contributed by atoms with van der Waals surface area (Å²) in [7, 11) is -3.83. The third-order valence-electron chi connectivity index (χ3n) is 2.97. The van der Waals surface area contributed by atoms with Crippen LogP contribution in [-0.2, 0) is 16.6 Å². The third kappa shape index (κ3) is 4.74. The first-order valence-corrected chi connectivity index (χ1v) is 8.46. The fourth-order valence-corrected chi connectivity index (χ4v) is 2.91. The van der Waals surface area contributed by atoms with Crippen LogP contribution in [0.25, 0.3) is 0 Å². The standard InChI is InChI=1S/C16H17F2NO3S/c1-11(2)22-14-4-6-15(7-5-14)23(20,21)19-10-12-9-13(17)3-8-16(12)18/h3-9,11,19H,10H2,1-2H3. The first-order valence-electron chi connectivity index (χ1n) is 6.98. The zero-order valence-corrected chi connectivity index (χ0v) is 13.5. The summed E-state index contributed by atoms with van der Waals surface area (Å²) in [4.78, 5) is 0.0189. The molecule has 0 aromatic heterocycles. The van der Waals surface area contributed by atoms with Crippen LogP contribution in [-0.4, -0.2) is 14.5 Å². The van der Waals surface area contributed by atoms with E-state index >= 15 is 0 Å². The number of benzene rings is 2.